The summed E-state index contributed by atoms with van der Waals surface area (Å²) in [7, 11) is -3.34. The zero-order chi connectivity index (χ0) is 14.9. The van der Waals surface area contributed by atoms with Crippen molar-refractivity contribution in [3.63, 3.8) is 0 Å². The molecule has 0 atom stereocenters. The highest BCUT2D eigenvalue weighted by Crippen LogP contribution is 2.23. The number of benzene rings is 1. The summed E-state index contributed by atoms with van der Waals surface area (Å²) >= 11 is 5.72. The lowest BCUT2D eigenvalue weighted by atomic mass is 10.2. The molecule has 1 N–H and O–H groups in total. The van der Waals surface area contributed by atoms with Gasteiger partial charge in [0.2, 0.25) is 5.22 Å². The fourth-order valence-corrected chi connectivity index (χ4v) is 2.46. The standard InChI is InChI=1S/C13H12ClNO4S/c1-8-3-4-9(20(2,17)18)7-11(8)15-13(16)10-5-6-19-12(10)14/h3-7H,1-2H3,(H,15,16). The zero-order valence-electron chi connectivity index (χ0n) is 10.8. The summed E-state index contributed by atoms with van der Waals surface area (Å²) in [6, 6.07) is 5.97. The predicted octanol–water partition coefficient (Wildman–Crippen LogP) is 2.90. The molecule has 2 aromatic rings. The molecule has 0 saturated carbocycles. The summed E-state index contributed by atoms with van der Waals surface area (Å²) in [6.07, 6.45) is 2.41. The monoisotopic (exact) mass is 313 g/mol. The third-order valence-electron chi connectivity index (χ3n) is 2.75. The van der Waals surface area contributed by atoms with Gasteiger partial charge in [0.25, 0.3) is 5.91 Å². The van der Waals surface area contributed by atoms with Gasteiger partial charge < -0.3 is 9.73 Å². The highest BCUT2D eigenvalue weighted by Gasteiger charge is 2.15. The summed E-state index contributed by atoms with van der Waals surface area (Å²) < 4.78 is 27.9. The van der Waals surface area contributed by atoms with Crippen LogP contribution in [0.4, 0.5) is 5.69 Å². The van der Waals surface area contributed by atoms with E-state index in [-0.39, 0.29) is 15.7 Å². The second kappa shape index (κ2) is 5.30. The van der Waals surface area contributed by atoms with Crippen LogP contribution in [-0.4, -0.2) is 20.6 Å². The number of nitrogens with one attached hydrogen (secondary N) is 1. The topological polar surface area (TPSA) is 76.4 Å². The normalized spacial score (nSPS) is 11.3. The van der Waals surface area contributed by atoms with Gasteiger partial charge in [0, 0.05) is 11.9 Å². The van der Waals surface area contributed by atoms with E-state index in [1.54, 1.807) is 13.0 Å². The highest BCUT2D eigenvalue weighted by atomic mass is 35.5. The van der Waals surface area contributed by atoms with Gasteiger partial charge in [-0.15, -0.1) is 0 Å². The molecular formula is C13H12ClNO4S. The largest absolute Gasteiger partial charge is 0.452 e. The molecule has 0 bridgehead atoms. The van der Waals surface area contributed by atoms with Gasteiger partial charge in [-0.25, -0.2) is 8.42 Å². The number of carbonyl (C=O) groups excluding carboxylic acids is 1. The minimum Gasteiger partial charge on any atom is -0.452 e. The van der Waals surface area contributed by atoms with Crippen molar-refractivity contribution in [3.05, 3.63) is 46.9 Å². The molecule has 0 fully saturated rings. The molecule has 7 heteroatoms. The molecule has 1 amide bonds. The molecule has 0 spiro atoms. The summed E-state index contributed by atoms with van der Waals surface area (Å²) in [6.45, 7) is 1.76. The van der Waals surface area contributed by atoms with Crippen molar-refractivity contribution in [2.45, 2.75) is 11.8 Å². The SMILES string of the molecule is Cc1ccc(S(C)(=O)=O)cc1NC(=O)c1ccoc1Cl. The first kappa shape index (κ1) is 14.6. The number of hydrogen-bond acceptors (Lipinski definition) is 4. The molecule has 1 aromatic carbocycles. The first-order valence-corrected chi connectivity index (χ1v) is 7.91. The van der Waals surface area contributed by atoms with E-state index in [1.165, 1.54) is 24.5 Å². The lowest BCUT2D eigenvalue weighted by Crippen LogP contribution is -2.13. The molecule has 0 aliphatic heterocycles. The molecule has 0 unspecified atom stereocenters. The summed E-state index contributed by atoms with van der Waals surface area (Å²) in [5, 5.41) is 2.60. The van der Waals surface area contributed by atoms with Crippen molar-refractivity contribution in [3.8, 4) is 0 Å². The van der Waals surface area contributed by atoms with Crippen LogP contribution in [0.1, 0.15) is 15.9 Å². The van der Waals surface area contributed by atoms with Gasteiger partial charge in [-0.05, 0) is 42.3 Å². The van der Waals surface area contributed by atoms with Crippen molar-refractivity contribution >= 4 is 33.0 Å². The van der Waals surface area contributed by atoms with Crippen molar-refractivity contribution in [1.82, 2.24) is 0 Å². The van der Waals surface area contributed by atoms with Crippen molar-refractivity contribution < 1.29 is 17.6 Å². The molecule has 20 heavy (non-hydrogen) atoms. The number of carbonyl (C=O) groups is 1. The number of anilines is 1. The molecular weight excluding hydrogens is 302 g/mol. The minimum absolute atomic E-state index is 0.0144. The maximum atomic E-state index is 12.0. The van der Waals surface area contributed by atoms with E-state index >= 15 is 0 Å². The Labute approximate surface area is 121 Å². The highest BCUT2D eigenvalue weighted by molar-refractivity contribution is 7.90. The van der Waals surface area contributed by atoms with E-state index in [1.807, 2.05) is 0 Å². The Morgan fingerprint density at radius 3 is 2.55 bits per heavy atom. The van der Waals surface area contributed by atoms with Crippen LogP contribution >= 0.6 is 11.6 Å². The third kappa shape index (κ3) is 3.02. The first-order valence-electron chi connectivity index (χ1n) is 5.64. The first-order chi connectivity index (χ1) is 9.29. The van der Waals surface area contributed by atoms with Crippen molar-refractivity contribution in [2.24, 2.45) is 0 Å². The Balaban J connectivity index is 2.34. The maximum absolute atomic E-state index is 12.0. The van der Waals surface area contributed by atoms with Gasteiger partial charge >= 0.3 is 0 Å². The third-order valence-corrected chi connectivity index (χ3v) is 4.15. The molecule has 1 aromatic heterocycles. The van der Waals surface area contributed by atoms with Gasteiger partial charge in [-0.3, -0.25) is 4.79 Å². The second-order valence-corrected chi connectivity index (χ2v) is 6.67. The second-order valence-electron chi connectivity index (χ2n) is 4.31. The smallest absolute Gasteiger partial charge is 0.260 e. The molecule has 106 valence electrons. The fourth-order valence-electron chi connectivity index (χ4n) is 1.61. The number of amides is 1. The average Bonchev–Trinajstić information content (AvgIpc) is 2.77. The Hall–Kier alpha value is -1.79. The van der Waals surface area contributed by atoms with Crippen LogP contribution in [0.3, 0.4) is 0 Å². The summed E-state index contributed by atoms with van der Waals surface area (Å²) in [5.41, 5.74) is 1.34. The van der Waals surface area contributed by atoms with Gasteiger partial charge in [0.1, 0.15) is 0 Å². The fraction of sp³-hybridized carbons (Fsp3) is 0.154. The van der Waals surface area contributed by atoms with E-state index in [2.05, 4.69) is 5.32 Å². The minimum atomic E-state index is -3.34. The quantitative estimate of drug-likeness (QED) is 0.945. The van der Waals surface area contributed by atoms with Crippen LogP contribution in [0.25, 0.3) is 0 Å². The summed E-state index contributed by atoms with van der Waals surface area (Å²) in [4.78, 5) is 12.1. The average molecular weight is 314 g/mol. The van der Waals surface area contributed by atoms with Crippen molar-refractivity contribution in [1.29, 1.82) is 0 Å². The number of halogens is 1. The van der Waals surface area contributed by atoms with E-state index in [0.29, 0.717) is 5.69 Å². The molecule has 0 aliphatic carbocycles. The van der Waals surface area contributed by atoms with Crippen molar-refractivity contribution in [2.75, 3.05) is 11.6 Å². The molecule has 5 nitrogen and oxygen atoms in total. The van der Waals surface area contributed by atoms with Crippen LogP contribution in [0, 0.1) is 6.92 Å². The van der Waals surface area contributed by atoms with Gasteiger partial charge in [-0.2, -0.15) is 0 Å². The Morgan fingerprint density at radius 1 is 1.30 bits per heavy atom. The number of aryl methyl sites for hydroxylation is 1. The summed E-state index contributed by atoms with van der Waals surface area (Å²) in [5.74, 6) is -0.461. The van der Waals surface area contributed by atoms with Crippen LogP contribution in [0.15, 0.2) is 39.8 Å². The number of rotatable bonds is 3. The van der Waals surface area contributed by atoms with Gasteiger partial charge in [-0.1, -0.05) is 6.07 Å². The van der Waals surface area contributed by atoms with Gasteiger partial charge in [0.15, 0.2) is 9.84 Å². The Morgan fingerprint density at radius 2 is 2.00 bits per heavy atom. The van der Waals surface area contributed by atoms with Crippen LogP contribution in [0.2, 0.25) is 5.22 Å². The lowest BCUT2D eigenvalue weighted by Gasteiger charge is -2.09. The van der Waals surface area contributed by atoms with Gasteiger partial charge in [0.05, 0.1) is 16.7 Å². The molecule has 0 aliphatic rings. The Kier molecular flexibility index (Phi) is 3.87. The van der Waals surface area contributed by atoms with E-state index in [4.69, 9.17) is 16.0 Å². The maximum Gasteiger partial charge on any atom is 0.260 e. The van der Waals surface area contributed by atoms with E-state index in [9.17, 15) is 13.2 Å². The number of hydrogen-bond donors (Lipinski definition) is 1. The Bertz CT molecular complexity index is 764. The molecule has 1 heterocycles. The molecule has 0 radical (unpaired) electrons. The van der Waals surface area contributed by atoms with Crippen LogP contribution in [0.5, 0.6) is 0 Å². The van der Waals surface area contributed by atoms with Crippen LogP contribution in [-0.2, 0) is 9.84 Å². The molecule has 2 rings (SSSR count). The van der Waals surface area contributed by atoms with E-state index in [0.717, 1.165) is 11.8 Å². The number of sulfone groups is 1. The lowest BCUT2D eigenvalue weighted by molar-refractivity contribution is 0.102. The van der Waals surface area contributed by atoms with E-state index < -0.39 is 15.7 Å². The molecule has 0 saturated heterocycles. The number of furan rings is 1. The van der Waals surface area contributed by atoms with Crippen LogP contribution < -0.4 is 5.32 Å². The zero-order valence-corrected chi connectivity index (χ0v) is 12.4. The predicted molar refractivity (Wildman–Crippen MR) is 76.0 cm³/mol.